The minimum absolute atomic E-state index is 0. The van der Waals surface area contributed by atoms with Crippen LogP contribution in [0.5, 0.6) is 0 Å². The van der Waals surface area contributed by atoms with Gasteiger partial charge in [-0.15, -0.1) is 23.7 Å². The highest BCUT2D eigenvalue weighted by Crippen LogP contribution is 2.31. The summed E-state index contributed by atoms with van der Waals surface area (Å²) in [5.74, 6) is 1.30. The van der Waals surface area contributed by atoms with Gasteiger partial charge in [-0.1, -0.05) is 0 Å². The molecule has 0 bridgehead atoms. The van der Waals surface area contributed by atoms with E-state index in [1.807, 2.05) is 0 Å². The zero-order valence-corrected chi connectivity index (χ0v) is 16.5. The number of carbonyl (C=O) groups is 1. The first-order valence-electron chi connectivity index (χ1n) is 9.21. The van der Waals surface area contributed by atoms with Gasteiger partial charge in [-0.25, -0.2) is 9.97 Å². The van der Waals surface area contributed by atoms with Gasteiger partial charge in [0.25, 0.3) is 0 Å². The van der Waals surface area contributed by atoms with Gasteiger partial charge in [0, 0.05) is 32.2 Å². The van der Waals surface area contributed by atoms with Crippen LogP contribution in [0, 0.1) is 5.92 Å². The van der Waals surface area contributed by atoms with Gasteiger partial charge in [-0.2, -0.15) is 0 Å². The van der Waals surface area contributed by atoms with E-state index in [2.05, 4.69) is 31.2 Å². The lowest BCUT2D eigenvalue weighted by Gasteiger charge is -2.40. The number of likely N-dealkylation sites (tertiary alicyclic amines) is 1. The molecule has 2 N–H and O–H groups in total. The molecule has 26 heavy (non-hydrogen) atoms. The number of nitrogens with two attached hydrogens (primary N) is 1. The minimum Gasteiger partial charge on any atom is -0.355 e. The quantitative estimate of drug-likeness (QED) is 0.864. The molecule has 2 unspecified atom stereocenters. The molecule has 2 atom stereocenters. The Hall–Kier alpha value is -1.44. The summed E-state index contributed by atoms with van der Waals surface area (Å²) in [5.41, 5.74) is 5.91. The standard InChI is InChI=1S/C18H25N5OS.ClH/c19-10-14-5-1-2-8-23(14)18(24)13-4-3-7-22(11-13)16-15-6-9-25-17(15)21-12-20-16;/h6,9,12-14H,1-5,7-8,10-11,19H2;1H. The first-order chi connectivity index (χ1) is 12.3. The first-order valence-corrected chi connectivity index (χ1v) is 10.1. The van der Waals surface area contributed by atoms with E-state index in [-0.39, 0.29) is 30.3 Å². The lowest BCUT2D eigenvalue weighted by Crippen LogP contribution is -2.52. The van der Waals surface area contributed by atoms with E-state index in [0.717, 1.165) is 61.4 Å². The molecular weight excluding hydrogens is 370 g/mol. The van der Waals surface area contributed by atoms with Crippen molar-refractivity contribution in [3.8, 4) is 0 Å². The van der Waals surface area contributed by atoms with Crippen molar-refractivity contribution >= 4 is 45.7 Å². The smallest absolute Gasteiger partial charge is 0.227 e. The summed E-state index contributed by atoms with van der Waals surface area (Å²) >= 11 is 1.63. The number of piperidine rings is 2. The van der Waals surface area contributed by atoms with Gasteiger partial charge >= 0.3 is 0 Å². The fourth-order valence-corrected chi connectivity index (χ4v) is 4.90. The largest absolute Gasteiger partial charge is 0.355 e. The molecule has 142 valence electrons. The predicted octanol–water partition coefficient (Wildman–Crippen LogP) is 2.67. The molecule has 8 heteroatoms. The lowest BCUT2D eigenvalue weighted by molar-refractivity contribution is -0.139. The molecule has 1 amide bonds. The van der Waals surface area contributed by atoms with Crippen molar-refractivity contribution in [1.82, 2.24) is 14.9 Å². The topological polar surface area (TPSA) is 75.3 Å². The number of hydrogen-bond donors (Lipinski definition) is 1. The van der Waals surface area contributed by atoms with Gasteiger partial charge in [0.05, 0.1) is 11.3 Å². The number of aromatic nitrogens is 2. The first kappa shape index (κ1) is 19.3. The average molecular weight is 396 g/mol. The summed E-state index contributed by atoms with van der Waals surface area (Å²) in [6.07, 6.45) is 6.93. The van der Waals surface area contributed by atoms with Crippen LogP contribution in [0.15, 0.2) is 17.8 Å². The van der Waals surface area contributed by atoms with Crippen molar-refractivity contribution in [3.63, 3.8) is 0 Å². The minimum atomic E-state index is 0. The van der Waals surface area contributed by atoms with Crippen LogP contribution in [0.4, 0.5) is 5.82 Å². The molecule has 0 aromatic carbocycles. The molecule has 6 nitrogen and oxygen atoms in total. The highest BCUT2D eigenvalue weighted by Gasteiger charge is 2.34. The fraction of sp³-hybridized carbons (Fsp3) is 0.611. The fourth-order valence-electron chi connectivity index (χ4n) is 4.17. The zero-order valence-electron chi connectivity index (χ0n) is 14.8. The normalized spacial score (nSPS) is 23.7. The van der Waals surface area contributed by atoms with Gasteiger partial charge in [0.15, 0.2) is 0 Å². The number of rotatable bonds is 3. The Bertz CT molecular complexity index is 754. The number of nitrogens with zero attached hydrogens (tertiary/aromatic N) is 4. The second-order valence-corrected chi connectivity index (χ2v) is 7.93. The molecular formula is C18H26ClN5OS. The molecule has 4 heterocycles. The van der Waals surface area contributed by atoms with E-state index in [0.29, 0.717) is 6.54 Å². The molecule has 2 aliphatic rings. The number of thiophene rings is 1. The van der Waals surface area contributed by atoms with E-state index >= 15 is 0 Å². The maximum Gasteiger partial charge on any atom is 0.227 e. The van der Waals surface area contributed by atoms with Gasteiger partial charge in [0.2, 0.25) is 5.91 Å². The van der Waals surface area contributed by atoms with Gasteiger partial charge < -0.3 is 15.5 Å². The summed E-state index contributed by atoms with van der Waals surface area (Å²) in [6, 6.07) is 2.30. The third kappa shape index (κ3) is 3.66. The van der Waals surface area contributed by atoms with Crippen molar-refractivity contribution in [1.29, 1.82) is 0 Å². The highest BCUT2D eigenvalue weighted by molar-refractivity contribution is 7.16. The number of amides is 1. The van der Waals surface area contributed by atoms with Crippen LogP contribution >= 0.6 is 23.7 Å². The Morgan fingerprint density at radius 1 is 1.23 bits per heavy atom. The van der Waals surface area contributed by atoms with E-state index in [1.165, 1.54) is 6.42 Å². The van der Waals surface area contributed by atoms with Crippen LogP contribution in [-0.2, 0) is 4.79 Å². The summed E-state index contributed by atoms with van der Waals surface area (Å²) in [5, 5.41) is 3.15. The maximum atomic E-state index is 13.1. The Labute approximate surface area is 164 Å². The number of carbonyl (C=O) groups excluding carboxylic acids is 1. The lowest BCUT2D eigenvalue weighted by atomic mass is 9.93. The number of fused-ring (bicyclic) bond motifs is 1. The van der Waals surface area contributed by atoms with E-state index < -0.39 is 0 Å². The van der Waals surface area contributed by atoms with Gasteiger partial charge in [-0.05, 0) is 43.6 Å². The number of anilines is 1. The highest BCUT2D eigenvalue weighted by atomic mass is 35.5. The zero-order chi connectivity index (χ0) is 17.2. The molecule has 2 aromatic rings. The molecule has 2 aromatic heterocycles. The van der Waals surface area contributed by atoms with Gasteiger partial charge in [-0.3, -0.25) is 4.79 Å². The second-order valence-electron chi connectivity index (χ2n) is 7.04. The molecule has 0 aliphatic carbocycles. The number of halogens is 1. The Balaban J connectivity index is 0.00000196. The molecule has 2 saturated heterocycles. The number of hydrogen-bond acceptors (Lipinski definition) is 6. The predicted molar refractivity (Wildman–Crippen MR) is 108 cm³/mol. The van der Waals surface area contributed by atoms with Crippen LogP contribution in [-0.4, -0.2) is 53.0 Å². The third-order valence-corrected chi connectivity index (χ3v) is 6.31. The summed E-state index contributed by atoms with van der Waals surface area (Å²) in [6.45, 7) is 3.13. The maximum absolute atomic E-state index is 13.1. The Kier molecular flexibility index (Phi) is 6.32. The van der Waals surface area contributed by atoms with Crippen LogP contribution in [0.1, 0.15) is 32.1 Å². The molecule has 2 aliphatic heterocycles. The molecule has 0 saturated carbocycles. The third-order valence-electron chi connectivity index (χ3n) is 5.49. The van der Waals surface area contributed by atoms with Crippen molar-refractivity contribution in [3.05, 3.63) is 17.8 Å². The average Bonchev–Trinajstić information content (AvgIpc) is 3.16. The van der Waals surface area contributed by atoms with Crippen LogP contribution in [0.2, 0.25) is 0 Å². The molecule has 4 rings (SSSR count). The second kappa shape index (κ2) is 8.50. The van der Waals surface area contributed by atoms with Crippen molar-refractivity contribution in [2.24, 2.45) is 11.7 Å². The van der Waals surface area contributed by atoms with Gasteiger partial charge in [0.1, 0.15) is 17.0 Å². The molecule has 0 spiro atoms. The van der Waals surface area contributed by atoms with Crippen molar-refractivity contribution in [2.75, 3.05) is 31.1 Å². The SMILES string of the molecule is Cl.NCC1CCCCN1C(=O)C1CCCN(c2ncnc3sccc23)C1. The Morgan fingerprint density at radius 3 is 2.96 bits per heavy atom. The van der Waals surface area contributed by atoms with Crippen LogP contribution < -0.4 is 10.6 Å². The van der Waals surface area contributed by atoms with E-state index in [9.17, 15) is 4.79 Å². The summed E-state index contributed by atoms with van der Waals surface area (Å²) in [4.78, 5) is 27.3. The monoisotopic (exact) mass is 395 g/mol. The van der Waals surface area contributed by atoms with Crippen LogP contribution in [0.25, 0.3) is 10.2 Å². The van der Waals surface area contributed by atoms with Crippen molar-refractivity contribution in [2.45, 2.75) is 38.1 Å². The van der Waals surface area contributed by atoms with Crippen molar-refractivity contribution < 1.29 is 4.79 Å². The summed E-state index contributed by atoms with van der Waals surface area (Å²) < 4.78 is 0. The molecule has 2 fully saturated rings. The molecule has 0 radical (unpaired) electrons. The summed E-state index contributed by atoms with van der Waals surface area (Å²) in [7, 11) is 0. The Morgan fingerprint density at radius 2 is 2.12 bits per heavy atom. The van der Waals surface area contributed by atoms with E-state index in [4.69, 9.17) is 5.73 Å². The van der Waals surface area contributed by atoms with E-state index in [1.54, 1.807) is 17.7 Å². The van der Waals surface area contributed by atoms with Crippen LogP contribution in [0.3, 0.4) is 0 Å².